The van der Waals surface area contributed by atoms with Gasteiger partial charge in [-0.2, -0.15) is 0 Å². The fourth-order valence-electron chi connectivity index (χ4n) is 3.70. The lowest BCUT2D eigenvalue weighted by Crippen LogP contribution is -2.39. The van der Waals surface area contributed by atoms with Gasteiger partial charge in [-0.15, -0.1) is 0 Å². The highest BCUT2D eigenvalue weighted by Gasteiger charge is 2.42. The summed E-state index contributed by atoms with van der Waals surface area (Å²) in [6, 6.07) is 10.5. The van der Waals surface area contributed by atoms with Gasteiger partial charge in [0.2, 0.25) is 12.7 Å². The lowest BCUT2D eigenvalue weighted by molar-refractivity contribution is -0.130. The maximum atomic E-state index is 13.1. The second-order valence-corrected chi connectivity index (χ2v) is 7.64. The van der Waals surface area contributed by atoms with Crippen molar-refractivity contribution in [1.82, 2.24) is 9.80 Å². The molecule has 1 unspecified atom stereocenters. The molecule has 2 amide bonds. The van der Waals surface area contributed by atoms with Gasteiger partial charge >= 0.3 is 0 Å². The maximum Gasteiger partial charge on any atom is 0.252 e. The molecule has 0 aromatic heterocycles. The Balaban J connectivity index is 1.44. The number of hydrogen-bond donors (Lipinski definition) is 1. The summed E-state index contributed by atoms with van der Waals surface area (Å²) in [4.78, 5) is 28.8. The SMILES string of the molecule is CCN1C(=O)C(CC(=O)Nc2ccc(F)cc2)N(CCc2ccc3c(c2)OCO3)C1=S. The number of rotatable bonds is 7. The molecule has 0 radical (unpaired) electrons. The van der Waals surface area contributed by atoms with Crippen molar-refractivity contribution in [2.24, 2.45) is 0 Å². The van der Waals surface area contributed by atoms with Gasteiger partial charge in [0.25, 0.3) is 5.91 Å². The van der Waals surface area contributed by atoms with Crippen molar-refractivity contribution in [3.8, 4) is 11.5 Å². The summed E-state index contributed by atoms with van der Waals surface area (Å²) in [5.41, 5.74) is 1.49. The highest BCUT2D eigenvalue weighted by molar-refractivity contribution is 7.80. The summed E-state index contributed by atoms with van der Waals surface area (Å²) in [7, 11) is 0. The molecule has 1 N–H and O–H groups in total. The Kier molecular flexibility index (Phi) is 6.03. The van der Waals surface area contributed by atoms with E-state index in [-0.39, 0.29) is 30.8 Å². The second kappa shape index (κ2) is 8.89. The molecule has 4 rings (SSSR count). The molecule has 9 heteroatoms. The quantitative estimate of drug-likeness (QED) is 0.664. The van der Waals surface area contributed by atoms with E-state index in [9.17, 15) is 14.0 Å². The average Bonchev–Trinajstić information content (AvgIpc) is 3.30. The molecule has 2 heterocycles. The molecule has 0 spiro atoms. The summed E-state index contributed by atoms with van der Waals surface area (Å²) in [6.45, 7) is 2.98. The van der Waals surface area contributed by atoms with E-state index < -0.39 is 6.04 Å². The van der Waals surface area contributed by atoms with Crippen molar-refractivity contribution in [2.75, 3.05) is 25.2 Å². The smallest absolute Gasteiger partial charge is 0.252 e. The van der Waals surface area contributed by atoms with E-state index in [1.807, 2.05) is 25.1 Å². The van der Waals surface area contributed by atoms with Gasteiger partial charge in [0.05, 0.1) is 6.42 Å². The number of nitrogens with zero attached hydrogens (tertiary/aromatic N) is 2. The first-order valence-corrected chi connectivity index (χ1v) is 10.4. The van der Waals surface area contributed by atoms with Gasteiger partial charge in [0, 0.05) is 18.8 Å². The van der Waals surface area contributed by atoms with Crippen LogP contribution in [0.3, 0.4) is 0 Å². The van der Waals surface area contributed by atoms with E-state index >= 15 is 0 Å². The molecule has 162 valence electrons. The molecule has 0 aliphatic carbocycles. The largest absolute Gasteiger partial charge is 0.454 e. The average molecular weight is 444 g/mol. The molecule has 1 fully saturated rings. The molecular formula is C22H22FN3O4S. The van der Waals surface area contributed by atoms with E-state index in [4.69, 9.17) is 21.7 Å². The van der Waals surface area contributed by atoms with E-state index in [2.05, 4.69) is 5.32 Å². The van der Waals surface area contributed by atoms with Crippen molar-refractivity contribution in [3.05, 3.63) is 53.8 Å². The third-order valence-corrected chi connectivity index (χ3v) is 5.76. The van der Waals surface area contributed by atoms with E-state index in [1.54, 1.807) is 4.90 Å². The highest BCUT2D eigenvalue weighted by Crippen LogP contribution is 2.33. The van der Waals surface area contributed by atoms with Gasteiger partial charge in [0.1, 0.15) is 11.9 Å². The Hall–Kier alpha value is -3.20. The van der Waals surface area contributed by atoms with E-state index in [0.29, 0.717) is 41.8 Å². The minimum absolute atomic E-state index is 0.0476. The molecule has 2 aliphatic rings. The Labute approximate surface area is 184 Å². The molecule has 1 atom stereocenters. The molecule has 2 aromatic carbocycles. The molecule has 1 saturated heterocycles. The lowest BCUT2D eigenvalue weighted by atomic mass is 10.1. The zero-order valence-electron chi connectivity index (χ0n) is 17.0. The third kappa shape index (κ3) is 4.46. The topological polar surface area (TPSA) is 71.1 Å². The van der Waals surface area contributed by atoms with Gasteiger partial charge in [-0.25, -0.2) is 4.39 Å². The van der Waals surface area contributed by atoms with Crippen LogP contribution in [-0.2, 0) is 16.0 Å². The summed E-state index contributed by atoms with van der Waals surface area (Å²) < 4.78 is 23.8. The van der Waals surface area contributed by atoms with Crippen LogP contribution in [0.25, 0.3) is 0 Å². The van der Waals surface area contributed by atoms with Crippen LogP contribution in [0.5, 0.6) is 11.5 Å². The van der Waals surface area contributed by atoms with Crippen LogP contribution in [0.2, 0.25) is 0 Å². The number of hydrogen-bond acceptors (Lipinski definition) is 5. The first kappa shape index (κ1) is 21.0. The fourth-order valence-corrected chi connectivity index (χ4v) is 4.14. The number of carbonyl (C=O) groups is 2. The molecule has 31 heavy (non-hydrogen) atoms. The number of nitrogens with one attached hydrogen (secondary N) is 1. The van der Waals surface area contributed by atoms with Crippen LogP contribution in [-0.4, -0.2) is 52.7 Å². The summed E-state index contributed by atoms with van der Waals surface area (Å²) >= 11 is 5.52. The number of amides is 2. The second-order valence-electron chi connectivity index (χ2n) is 7.27. The monoisotopic (exact) mass is 443 g/mol. The number of likely N-dealkylation sites (N-methyl/N-ethyl adjacent to an activating group) is 1. The van der Waals surface area contributed by atoms with Gasteiger partial charge in [-0.3, -0.25) is 14.5 Å². The normalized spacial score (nSPS) is 17.4. The maximum absolute atomic E-state index is 13.1. The highest BCUT2D eigenvalue weighted by atomic mass is 32.1. The number of thiocarbonyl (C=S) groups is 1. The summed E-state index contributed by atoms with van der Waals surface area (Å²) in [5, 5.41) is 3.13. The van der Waals surface area contributed by atoms with Crippen molar-refractivity contribution >= 4 is 34.8 Å². The van der Waals surface area contributed by atoms with Crippen LogP contribution in [0.15, 0.2) is 42.5 Å². The standard InChI is InChI=1S/C22H22FN3O4S/c1-2-25-21(28)17(12-20(27)24-16-6-4-15(23)5-7-16)26(22(25)31)10-9-14-3-8-18-19(11-14)30-13-29-18/h3-8,11,17H,2,9-10,12-13H2,1H3,(H,24,27). The predicted molar refractivity (Wildman–Crippen MR) is 116 cm³/mol. The van der Waals surface area contributed by atoms with E-state index in [1.165, 1.54) is 29.2 Å². The number of ether oxygens (including phenoxy) is 2. The van der Waals surface area contributed by atoms with Crippen LogP contribution >= 0.6 is 12.2 Å². The van der Waals surface area contributed by atoms with Gasteiger partial charge < -0.3 is 19.7 Å². The van der Waals surface area contributed by atoms with Gasteiger partial charge in [-0.1, -0.05) is 6.07 Å². The zero-order valence-corrected chi connectivity index (χ0v) is 17.8. The first-order chi connectivity index (χ1) is 15.0. The van der Waals surface area contributed by atoms with Crippen molar-refractivity contribution in [2.45, 2.75) is 25.8 Å². The number of fused-ring (bicyclic) bond motifs is 1. The number of carbonyl (C=O) groups excluding carboxylic acids is 2. The first-order valence-electron chi connectivity index (χ1n) is 10.0. The van der Waals surface area contributed by atoms with Gasteiger partial charge in [-0.05, 0) is 67.5 Å². The molecule has 0 saturated carbocycles. The minimum Gasteiger partial charge on any atom is -0.454 e. The zero-order chi connectivity index (χ0) is 22.0. The Morgan fingerprint density at radius 3 is 2.68 bits per heavy atom. The Morgan fingerprint density at radius 1 is 1.19 bits per heavy atom. The Bertz CT molecular complexity index is 1010. The summed E-state index contributed by atoms with van der Waals surface area (Å²) in [6.07, 6.45) is 0.575. The molecular weight excluding hydrogens is 421 g/mol. The molecule has 7 nitrogen and oxygen atoms in total. The number of anilines is 1. The number of benzene rings is 2. The van der Waals surface area contributed by atoms with Crippen LogP contribution < -0.4 is 14.8 Å². The third-order valence-electron chi connectivity index (χ3n) is 5.31. The van der Waals surface area contributed by atoms with Crippen LogP contribution in [0.1, 0.15) is 18.9 Å². The minimum atomic E-state index is -0.679. The molecule has 2 aliphatic heterocycles. The fraction of sp³-hybridized carbons (Fsp3) is 0.318. The Morgan fingerprint density at radius 2 is 1.94 bits per heavy atom. The van der Waals surface area contributed by atoms with Gasteiger partial charge in [0.15, 0.2) is 16.6 Å². The lowest BCUT2D eigenvalue weighted by Gasteiger charge is -2.23. The predicted octanol–water partition coefficient (Wildman–Crippen LogP) is 2.94. The van der Waals surface area contributed by atoms with Crippen molar-refractivity contribution in [1.29, 1.82) is 0 Å². The summed E-state index contributed by atoms with van der Waals surface area (Å²) in [5.74, 6) is 0.500. The van der Waals surface area contributed by atoms with Crippen LogP contribution in [0, 0.1) is 5.82 Å². The van der Waals surface area contributed by atoms with Crippen molar-refractivity contribution in [3.63, 3.8) is 0 Å². The van der Waals surface area contributed by atoms with Crippen LogP contribution in [0.4, 0.5) is 10.1 Å². The molecule has 2 aromatic rings. The number of halogens is 1. The van der Waals surface area contributed by atoms with E-state index in [0.717, 1.165) is 5.56 Å². The van der Waals surface area contributed by atoms with Crippen molar-refractivity contribution < 1.29 is 23.5 Å². The molecule has 0 bridgehead atoms.